The van der Waals surface area contributed by atoms with Gasteiger partial charge in [-0.15, -0.1) is 0 Å². The van der Waals surface area contributed by atoms with Crippen LogP contribution in [0.1, 0.15) is 30.9 Å². The zero-order chi connectivity index (χ0) is 12.7. The van der Waals surface area contributed by atoms with Gasteiger partial charge >= 0.3 is 0 Å². The SMILES string of the molecule is CCCCc1ccc(O)cc1CNCC(O)O. The number of aliphatic hydroxyl groups is 2. The fourth-order valence-electron chi connectivity index (χ4n) is 1.72. The minimum absolute atomic E-state index is 0.128. The van der Waals surface area contributed by atoms with Crippen LogP contribution >= 0.6 is 0 Å². The predicted octanol–water partition coefficient (Wildman–Crippen LogP) is 1.14. The fourth-order valence-corrected chi connectivity index (χ4v) is 1.72. The molecule has 0 aromatic heterocycles. The number of aryl methyl sites for hydroxylation is 1. The van der Waals surface area contributed by atoms with Gasteiger partial charge in [-0.25, -0.2) is 0 Å². The third-order valence-corrected chi connectivity index (χ3v) is 2.63. The van der Waals surface area contributed by atoms with Gasteiger partial charge in [-0.1, -0.05) is 19.4 Å². The van der Waals surface area contributed by atoms with Crippen molar-refractivity contribution in [3.63, 3.8) is 0 Å². The van der Waals surface area contributed by atoms with Crippen LogP contribution in [-0.4, -0.2) is 28.2 Å². The Balaban J connectivity index is 2.62. The Hall–Kier alpha value is -1.10. The van der Waals surface area contributed by atoms with Gasteiger partial charge in [0.15, 0.2) is 6.29 Å². The molecule has 0 saturated heterocycles. The van der Waals surface area contributed by atoms with Gasteiger partial charge < -0.3 is 20.6 Å². The molecule has 0 aliphatic carbocycles. The van der Waals surface area contributed by atoms with E-state index >= 15 is 0 Å². The van der Waals surface area contributed by atoms with Crippen LogP contribution in [0, 0.1) is 0 Å². The summed E-state index contributed by atoms with van der Waals surface area (Å²) in [5.41, 5.74) is 2.21. The normalized spacial score (nSPS) is 11.1. The van der Waals surface area contributed by atoms with E-state index in [0.29, 0.717) is 6.54 Å². The predicted molar refractivity (Wildman–Crippen MR) is 66.7 cm³/mol. The summed E-state index contributed by atoms with van der Waals surface area (Å²) in [7, 11) is 0. The summed E-state index contributed by atoms with van der Waals surface area (Å²) < 4.78 is 0. The molecule has 0 radical (unpaired) electrons. The number of unbranched alkanes of at least 4 members (excludes halogenated alkanes) is 1. The number of hydrogen-bond acceptors (Lipinski definition) is 4. The third-order valence-electron chi connectivity index (χ3n) is 2.63. The lowest BCUT2D eigenvalue weighted by atomic mass is 10.0. The van der Waals surface area contributed by atoms with Crippen molar-refractivity contribution in [1.29, 1.82) is 0 Å². The molecule has 0 atom stereocenters. The van der Waals surface area contributed by atoms with Crippen LogP contribution in [0.25, 0.3) is 0 Å². The minimum Gasteiger partial charge on any atom is -0.508 e. The van der Waals surface area contributed by atoms with Crippen molar-refractivity contribution >= 4 is 0 Å². The van der Waals surface area contributed by atoms with E-state index in [9.17, 15) is 5.11 Å². The van der Waals surface area contributed by atoms with Crippen LogP contribution in [-0.2, 0) is 13.0 Å². The second-order valence-electron chi connectivity index (χ2n) is 4.17. The number of hydrogen-bond donors (Lipinski definition) is 4. The molecule has 0 aliphatic heterocycles. The fraction of sp³-hybridized carbons (Fsp3) is 0.538. The highest BCUT2D eigenvalue weighted by Gasteiger charge is 2.04. The summed E-state index contributed by atoms with van der Waals surface area (Å²) in [5.74, 6) is 0.242. The van der Waals surface area contributed by atoms with Crippen molar-refractivity contribution < 1.29 is 15.3 Å². The number of nitrogens with one attached hydrogen (secondary N) is 1. The number of rotatable bonds is 7. The van der Waals surface area contributed by atoms with Crippen LogP contribution in [0.15, 0.2) is 18.2 Å². The maximum atomic E-state index is 9.44. The van der Waals surface area contributed by atoms with E-state index in [2.05, 4.69) is 12.2 Å². The maximum Gasteiger partial charge on any atom is 0.164 e. The number of phenolic OH excluding ortho intramolecular Hbond substituents is 1. The molecular formula is C13H21NO3. The molecule has 0 unspecified atom stereocenters. The van der Waals surface area contributed by atoms with Gasteiger partial charge in [0.2, 0.25) is 0 Å². The quantitative estimate of drug-likeness (QED) is 0.538. The first-order valence-electron chi connectivity index (χ1n) is 6.01. The topological polar surface area (TPSA) is 72.7 Å². The summed E-state index contributed by atoms with van der Waals surface area (Å²) in [6.45, 7) is 2.80. The molecule has 17 heavy (non-hydrogen) atoms. The molecule has 4 nitrogen and oxygen atoms in total. The lowest BCUT2D eigenvalue weighted by Crippen LogP contribution is -2.26. The average Bonchev–Trinajstić information content (AvgIpc) is 2.27. The van der Waals surface area contributed by atoms with Crippen molar-refractivity contribution in [2.24, 2.45) is 0 Å². The minimum atomic E-state index is -1.34. The van der Waals surface area contributed by atoms with Crippen LogP contribution in [0.3, 0.4) is 0 Å². The molecule has 1 aromatic carbocycles. The zero-order valence-electron chi connectivity index (χ0n) is 10.2. The molecule has 4 N–H and O–H groups in total. The Labute approximate surface area is 102 Å². The highest BCUT2D eigenvalue weighted by atomic mass is 16.5. The standard InChI is InChI=1S/C13H21NO3/c1-2-3-4-10-5-6-12(15)7-11(10)8-14-9-13(16)17/h5-7,13-17H,2-4,8-9H2,1H3. The highest BCUT2D eigenvalue weighted by molar-refractivity contribution is 5.35. The van der Waals surface area contributed by atoms with Crippen LogP contribution in [0.2, 0.25) is 0 Å². The molecule has 0 aliphatic rings. The monoisotopic (exact) mass is 239 g/mol. The molecular weight excluding hydrogens is 218 g/mol. The smallest absolute Gasteiger partial charge is 0.164 e. The molecule has 96 valence electrons. The van der Waals surface area contributed by atoms with Crippen LogP contribution in [0.5, 0.6) is 5.75 Å². The molecule has 1 aromatic rings. The third kappa shape index (κ3) is 5.17. The summed E-state index contributed by atoms with van der Waals surface area (Å²) in [4.78, 5) is 0. The number of phenols is 1. The van der Waals surface area contributed by atoms with Crippen molar-refractivity contribution in [2.45, 2.75) is 39.0 Å². The Morgan fingerprint density at radius 3 is 2.65 bits per heavy atom. The van der Waals surface area contributed by atoms with E-state index < -0.39 is 6.29 Å². The van der Waals surface area contributed by atoms with Crippen LogP contribution in [0.4, 0.5) is 0 Å². The summed E-state index contributed by atoms with van der Waals surface area (Å²) in [6, 6.07) is 5.34. The van der Waals surface area contributed by atoms with Crippen molar-refractivity contribution in [2.75, 3.05) is 6.54 Å². The summed E-state index contributed by atoms with van der Waals surface area (Å²) in [6.07, 6.45) is 1.88. The van der Waals surface area contributed by atoms with Gasteiger partial charge in [0.05, 0.1) is 0 Å². The van der Waals surface area contributed by atoms with Gasteiger partial charge in [-0.3, -0.25) is 0 Å². The number of aliphatic hydroxyl groups excluding tert-OH is 1. The van der Waals surface area contributed by atoms with Crippen molar-refractivity contribution in [3.8, 4) is 5.75 Å². The lowest BCUT2D eigenvalue weighted by Gasteiger charge is -2.11. The Morgan fingerprint density at radius 1 is 1.24 bits per heavy atom. The largest absolute Gasteiger partial charge is 0.508 e. The van der Waals surface area contributed by atoms with Gasteiger partial charge in [0.1, 0.15) is 5.75 Å². The second kappa shape index (κ2) is 7.27. The van der Waals surface area contributed by atoms with E-state index in [0.717, 1.165) is 24.8 Å². The maximum absolute atomic E-state index is 9.44. The lowest BCUT2D eigenvalue weighted by molar-refractivity contribution is -0.0373. The molecule has 0 fully saturated rings. The molecule has 0 amide bonds. The Kier molecular flexibility index (Phi) is 5.97. The van der Waals surface area contributed by atoms with Gasteiger partial charge in [0, 0.05) is 13.1 Å². The summed E-state index contributed by atoms with van der Waals surface area (Å²) >= 11 is 0. The van der Waals surface area contributed by atoms with E-state index in [1.807, 2.05) is 6.07 Å². The van der Waals surface area contributed by atoms with E-state index in [1.54, 1.807) is 12.1 Å². The average molecular weight is 239 g/mol. The second-order valence-corrected chi connectivity index (χ2v) is 4.17. The van der Waals surface area contributed by atoms with Gasteiger partial charge in [-0.05, 0) is 36.1 Å². The Bertz CT molecular complexity index is 339. The van der Waals surface area contributed by atoms with E-state index in [-0.39, 0.29) is 12.3 Å². The molecule has 1 rings (SSSR count). The molecule has 0 heterocycles. The van der Waals surface area contributed by atoms with E-state index in [4.69, 9.17) is 10.2 Å². The molecule has 4 heteroatoms. The van der Waals surface area contributed by atoms with Gasteiger partial charge in [-0.2, -0.15) is 0 Å². The number of benzene rings is 1. The zero-order valence-corrected chi connectivity index (χ0v) is 10.2. The number of aromatic hydroxyl groups is 1. The van der Waals surface area contributed by atoms with E-state index in [1.165, 1.54) is 5.56 Å². The molecule has 0 spiro atoms. The first-order chi connectivity index (χ1) is 8.13. The van der Waals surface area contributed by atoms with Crippen molar-refractivity contribution in [1.82, 2.24) is 5.32 Å². The Morgan fingerprint density at radius 2 is 2.00 bits per heavy atom. The highest BCUT2D eigenvalue weighted by Crippen LogP contribution is 2.18. The molecule has 0 saturated carbocycles. The first kappa shape index (κ1) is 14.0. The summed E-state index contributed by atoms with van der Waals surface area (Å²) in [5, 5.41) is 29.9. The first-order valence-corrected chi connectivity index (χ1v) is 6.01. The van der Waals surface area contributed by atoms with Gasteiger partial charge in [0.25, 0.3) is 0 Å². The molecule has 0 bridgehead atoms. The van der Waals surface area contributed by atoms with Crippen LogP contribution < -0.4 is 5.32 Å². The van der Waals surface area contributed by atoms with Crippen molar-refractivity contribution in [3.05, 3.63) is 29.3 Å².